The van der Waals surface area contributed by atoms with Crippen molar-refractivity contribution in [2.24, 2.45) is 5.92 Å². The van der Waals surface area contributed by atoms with Crippen LogP contribution in [-0.2, 0) is 19.6 Å². The Balaban J connectivity index is 1.43. The van der Waals surface area contributed by atoms with E-state index < -0.39 is 0 Å². The standard InChI is InChI=1S/C23H29ClN6O/c24-20-6-4-16(5-7-20)13-21(26-14-17-2-1-3-18(12-17)15-31)19-8-10-30(11-9-19)23-27-22(25)28-29-23/h1-7,12,19,21,26,31H,8-11,13-15H2,(H3,25,27,28,29). The largest absolute Gasteiger partial charge is 0.392 e. The summed E-state index contributed by atoms with van der Waals surface area (Å²) in [6.45, 7) is 2.66. The first-order chi connectivity index (χ1) is 15.1. The van der Waals surface area contributed by atoms with Gasteiger partial charge in [-0.05, 0) is 54.0 Å². The summed E-state index contributed by atoms with van der Waals surface area (Å²) in [6, 6.07) is 16.6. The number of piperidine rings is 1. The van der Waals surface area contributed by atoms with Crippen LogP contribution in [0.15, 0.2) is 48.5 Å². The van der Waals surface area contributed by atoms with Crippen LogP contribution in [0.25, 0.3) is 0 Å². The molecule has 0 radical (unpaired) electrons. The number of aliphatic hydroxyl groups excluding tert-OH is 1. The molecule has 7 nitrogen and oxygen atoms in total. The molecule has 1 aliphatic heterocycles. The molecule has 1 aromatic heterocycles. The molecule has 0 spiro atoms. The molecule has 0 amide bonds. The Morgan fingerprint density at radius 1 is 1.13 bits per heavy atom. The normalized spacial score (nSPS) is 15.9. The fourth-order valence-electron chi connectivity index (χ4n) is 4.29. The molecule has 1 saturated heterocycles. The van der Waals surface area contributed by atoms with Gasteiger partial charge in [-0.15, -0.1) is 5.10 Å². The van der Waals surface area contributed by atoms with E-state index in [1.165, 1.54) is 11.1 Å². The number of aromatic amines is 1. The highest BCUT2D eigenvalue weighted by atomic mass is 35.5. The Hall–Kier alpha value is -2.61. The van der Waals surface area contributed by atoms with Crippen molar-refractivity contribution in [2.75, 3.05) is 23.7 Å². The third-order valence-corrected chi connectivity index (χ3v) is 6.26. The van der Waals surface area contributed by atoms with Gasteiger partial charge in [0.15, 0.2) is 0 Å². The van der Waals surface area contributed by atoms with Crippen molar-refractivity contribution in [3.8, 4) is 0 Å². The number of rotatable bonds is 8. The van der Waals surface area contributed by atoms with E-state index in [1.807, 2.05) is 24.3 Å². The molecule has 1 aliphatic rings. The van der Waals surface area contributed by atoms with E-state index in [1.54, 1.807) is 0 Å². The van der Waals surface area contributed by atoms with E-state index >= 15 is 0 Å². The van der Waals surface area contributed by atoms with Crippen LogP contribution in [0.1, 0.15) is 29.5 Å². The smallest absolute Gasteiger partial charge is 0.241 e. The van der Waals surface area contributed by atoms with Crippen LogP contribution in [-0.4, -0.2) is 39.4 Å². The van der Waals surface area contributed by atoms with Crippen LogP contribution in [0.4, 0.5) is 11.9 Å². The molecule has 8 heteroatoms. The van der Waals surface area contributed by atoms with Crippen LogP contribution < -0.4 is 16.0 Å². The zero-order valence-corrected chi connectivity index (χ0v) is 18.2. The van der Waals surface area contributed by atoms with Crippen molar-refractivity contribution in [2.45, 2.75) is 38.5 Å². The average molecular weight is 441 g/mol. The zero-order valence-electron chi connectivity index (χ0n) is 17.5. The van der Waals surface area contributed by atoms with Gasteiger partial charge in [-0.25, -0.2) is 5.10 Å². The van der Waals surface area contributed by atoms with Gasteiger partial charge in [0.05, 0.1) is 6.61 Å². The highest BCUT2D eigenvalue weighted by Gasteiger charge is 2.27. The second-order valence-corrected chi connectivity index (χ2v) is 8.57. The number of anilines is 2. The number of nitrogens with two attached hydrogens (primary N) is 1. The van der Waals surface area contributed by atoms with Crippen LogP contribution in [0.5, 0.6) is 0 Å². The molecule has 1 fully saturated rings. The highest BCUT2D eigenvalue weighted by molar-refractivity contribution is 6.30. The van der Waals surface area contributed by atoms with Gasteiger partial charge in [0.2, 0.25) is 11.9 Å². The summed E-state index contributed by atoms with van der Waals surface area (Å²) < 4.78 is 0. The van der Waals surface area contributed by atoms with Crippen molar-refractivity contribution in [1.82, 2.24) is 20.5 Å². The molecule has 2 aromatic carbocycles. The summed E-state index contributed by atoms with van der Waals surface area (Å²) in [7, 11) is 0. The summed E-state index contributed by atoms with van der Waals surface area (Å²) in [5.74, 6) is 1.57. The first-order valence-corrected chi connectivity index (χ1v) is 11.1. The van der Waals surface area contributed by atoms with Gasteiger partial charge in [0, 0.05) is 30.7 Å². The summed E-state index contributed by atoms with van der Waals surface area (Å²) in [5, 5.41) is 20.8. The first kappa shape index (κ1) is 21.6. The molecule has 0 aliphatic carbocycles. The van der Waals surface area contributed by atoms with Crippen LogP contribution >= 0.6 is 11.6 Å². The van der Waals surface area contributed by atoms with Gasteiger partial charge in [-0.1, -0.05) is 48.0 Å². The van der Waals surface area contributed by atoms with E-state index in [9.17, 15) is 5.11 Å². The van der Waals surface area contributed by atoms with Crippen LogP contribution in [0.3, 0.4) is 0 Å². The minimum atomic E-state index is 0.0622. The molecule has 31 heavy (non-hydrogen) atoms. The molecule has 164 valence electrons. The monoisotopic (exact) mass is 440 g/mol. The highest BCUT2D eigenvalue weighted by Crippen LogP contribution is 2.26. The van der Waals surface area contributed by atoms with Gasteiger partial charge >= 0.3 is 0 Å². The Kier molecular flexibility index (Phi) is 7.06. The van der Waals surface area contributed by atoms with Crippen LogP contribution in [0.2, 0.25) is 5.02 Å². The average Bonchev–Trinajstić information content (AvgIpc) is 3.24. The van der Waals surface area contributed by atoms with E-state index in [0.717, 1.165) is 55.4 Å². The van der Waals surface area contributed by atoms with Crippen molar-refractivity contribution >= 4 is 23.5 Å². The molecular formula is C23H29ClN6O. The second-order valence-electron chi connectivity index (χ2n) is 8.14. The number of hydrogen-bond donors (Lipinski definition) is 4. The van der Waals surface area contributed by atoms with Gasteiger partial charge < -0.3 is 21.1 Å². The summed E-state index contributed by atoms with van der Waals surface area (Å²) in [6.07, 6.45) is 3.06. The molecule has 0 saturated carbocycles. The van der Waals surface area contributed by atoms with Crippen molar-refractivity contribution in [3.63, 3.8) is 0 Å². The lowest BCUT2D eigenvalue weighted by Crippen LogP contribution is -2.44. The lowest BCUT2D eigenvalue weighted by Gasteiger charge is -2.36. The minimum absolute atomic E-state index is 0.0622. The Morgan fingerprint density at radius 2 is 1.87 bits per heavy atom. The molecule has 1 unspecified atom stereocenters. The molecule has 4 rings (SSSR count). The maximum atomic E-state index is 9.43. The number of aliphatic hydroxyl groups is 1. The van der Waals surface area contributed by atoms with Crippen molar-refractivity contribution < 1.29 is 5.11 Å². The number of benzene rings is 2. The number of nitrogens with zero attached hydrogens (tertiary/aromatic N) is 3. The fourth-order valence-corrected chi connectivity index (χ4v) is 4.41. The van der Waals surface area contributed by atoms with Gasteiger partial charge in [-0.3, -0.25) is 0 Å². The number of aromatic nitrogens is 3. The van der Waals surface area contributed by atoms with E-state index in [-0.39, 0.29) is 12.6 Å². The quantitative estimate of drug-likeness (QED) is 0.429. The zero-order chi connectivity index (χ0) is 21.6. The molecule has 2 heterocycles. The Labute approximate surface area is 187 Å². The van der Waals surface area contributed by atoms with Crippen molar-refractivity contribution in [3.05, 3.63) is 70.2 Å². The van der Waals surface area contributed by atoms with Gasteiger partial charge in [0.1, 0.15) is 0 Å². The number of hydrogen-bond acceptors (Lipinski definition) is 6. The summed E-state index contributed by atoms with van der Waals surface area (Å²) in [5.41, 5.74) is 9.05. The predicted molar refractivity (Wildman–Crippen MR) is 124 cm³/mol. The first-order valence-electron chi connectivity index (χ1n) is 10.7. The molecule has 3 aromatic rings. The Bertz CT molecular complexity index is 968. The molecule has 0 bridgehead atoms. The van der Waals surface area contributed by atoms with E-state index in [4.69, 9.17) is 17.3 Å². The second kappa shape index (κ2) is 10.1. The number of H-pyrrole nitrogens is 1. The third-order valence-electron chi connectivity index (χ3n) is 6.01. The predicted octanol–water partition coefficient (Wildman–Crippen LogP) is 3.15. The maximum absolute atomic E-state index is 9.43. The van der Waals surface area contributed by atoms with E-state index in [0.29, 0.717) is 12.0 Å². The number of halogens is 1. The van der Waals surface area contributed by atoms with E-state index in [2.05, 4.69) is 49.7 Å². The Morgan fingerprint density at radius 3 is 2.55 bits per heavy atom. The third kappa shape index (κ3) is 5.76. The molecular weight excluding hydrogens is 412 g/mol. The van der Waals surface area contributed by atoms with Gasteiger partial charge in [0.25, 0.3) is 0 Å². The number of nitrogens with one attached hydrogen (secondary N) is 2. The topological polar surface area (TPSA) is 103 Å². The summed E-state index contributed by atoms with van der Waals surface area (Å²) >= 11 is 6.08. The minimum Gasteiger partial charge on any atom is -0.392 e. The van der Waals surface area contributed by atoms with Crippen molar-refractivity contribution in [1.29, 1.82) is 0 Å². The lowest BCUT2D eigenvalue weighted by atomic mass is 9.85. The summed E-state index contributed by atoms with van der Waals surface area (Å²) in [4.78, 5) is 6.47. The van der Waals surface area contributed by atoms with Gasteiger partial charge in [-0.2, -0.15) is 4.98 Å². The fraction of sp³-hybridized carbons (Fsp3) is 0.391. The molecule has 1 atom stereocenters. The van der Waals surface area contributed by atoms with Crippen LogP contribution in [0, 0.1) is 5.92 Å². The maximum Gasteiger partial charge on any atom is 0.241 e. The number of nitrogen functional groups attached to an aromatic ring is 1. The molecule has 5 N–H and O–H groups in total. The lowest BCUT2D eigenvalue weighted by molar-refractivity contribution is 0.281. The SMILES string of the molecule is Nc1n[nH]c(N2CCC(C(Cc3ccc(Cl)cc3)NCc3cccc(CO)c3)CC2)n1.